The largest absolute Gasteiger partial charge is 0.346 e. The van der Waals surface area contributed by atoms with Gasteiger partial charge >= 0.3 is 0 Å². The molecule has 0 radical (unpaired) electrons. The lowest BCUT2D eigenvalue weighted by atomic mass is 10.1. The van der Waals surface area contributed by atoms with Crippen LogP contribution in [-0.4, -0.2) is 10.9 Å². The second-order valence-corrected chi connectivity index (χ2v) is 6.64. The Bertz CT molecular complexity index is 879. The summed E-state index contributed by atoms with van der Waals surface area (Å²) in [4.78, 5) is 16.4. The third-order valence-electron chi connectivity index (χ3n) is 3.86. The average molecular weight is 373 g/mol. The Morgan fingerprint density at radius 2 is 1.81 bits per heavy atom. The van der Waals surface area contributed by atoms with Gasteiger partial charge in [-0.1, -0.05) is 36.4 Å². The van der Waals surface area contributed by atoms with Crippen LogP contribution in [0.4, 0.5) is 8.78 Å². The number of hydrogen-bond acceptors (Lipinski definition) is 4. The van der Waals surface area contributed by atoms with E-state index in [4.69, 9.17) is 5.73 Å². The van der Waals surface area contributed by atoms with Crippen LogP contribution < -0.4 is 11.1 Å². The molecule has 1 unspecified atom stereocenters. The zero-order valence-corrected chi connectivity index (χ0v) is 14.6. The Hall–Kier alpha value is -2.64. The number of halogens is 2. The van der Waals surface area contributed by atoms with Crippen LogP contribution in [0.25, 0.3) is 0 Å². The second kappa shape index (κ2) is 8.16. The summed E-state index contributed by atoms with van der Waals surface area (Å²) < 4.78 is 27.2. The molecule has 3 rings (SSSR count). The van der Waals surface area contributed by atoms with Gasteiger partial charge in [0.15, 0.2) is 0 Å². The molecule has 1 aromatic heterocycles. The highest BCUT2D eigenvalue weighted by Gasteiger charge is 2.17. The quantitative estimate of drug-likeness (QED) is 0.694. The highest BCUT2D eigenvalue weighted by molar-refractivity contribution is 7.09. The van der Waals surface area contributed by atoms with Gasteiger partial charge in [-0.3, -0.25) is 4.79 Å². The molecule has 1 amide bonds. The number of nitrogens with zero attached hydrogens (tertiary/aromatic N) is 1. The average Bonchev–Trinajstić information content (AvgIpc) is 3.12. The highest BCUT2D eigenvalue weighted by atomic mass is 32.1. The predicted octanol–water partition coefficient (Wildman–Crippen LogP) is 3.59. The van der Waals surface area contributed by atoms with Crippen LogP contribution in [0.15, 0.2) is 53.9 Å². The van der Waals surface area contributed by atoms with Gasteiger partial charge in [-0.2, -0.15) is 0 Å². The number of hydrogen-bond donors (Lipinski definition) is 2. The number of benzene rings is 2. The van der Waals surface area contributed by atoms with Gasteiger partial charge < -0.3 is 11.1 Å². The molecule has 0 saturated heterocycles. The fraction of sp³-hybridized carbons (Fsp3) is 0.158. The van der Waals surface area contributed by atoms with E-state index in [1.165, 1.54) is 17.4 Å². The molecular weight excluding hydrogens is 356 g/mol. The van der Waals surface area contributed by atoms with Gasteiger partial charge in [0.25, 0.3) is 5.91 Å². The third-order valence-corrected chi connectivity index (χ3v) is 4.83. The molecule has 0 bridgehead atoms. The summed E-state index contributed by atoms with van der Waals surface area (Å²) in [7, 11) is 0. The SMILES string of the molecule is NC(Cc1ccccc1)c1nc(C(=O)NCc2c(F)cccc2F)cs1. The van der Waals surface area contributed by atoms with Gasteiger partial charge in [0.2, 0.25) is 0 Å². The van der Waals surface area contributed by atoms with Crippen LogP contribution in [0.3, 0.4) is 0 Å². The molecule has 7 heteroatoms. The molecule has 0 spiro atoms. The molecule has 26 heavy (non-hydrogen) atoms. The first kappa shape index (κ1) is 18.2. The predicted molar refractivity (Wildman–Crippen MR) is 96.7 cm³/mol. The van der Waals surface area contributed by atoms with E-state index in [1.54, 1.807) is 5.38 Å². The summed E-state index contributed by atoms with van der Waals surface area (Å²) in [6.07, 6.45) is 0.607. The summed E-state index contributed by atoms with van der Waals surface area (Å²) in [6, 6.07) is 13.0. The number of nitrogens with one attached hydrogen (secondary N) is 1. The summed E-state index contributed by atoms with van der Waals surface area (Å²) >= 11 is 1.29. The number of rotatable bonds is 6. The Kier molecular flexibility index (Phi) is 5.70. The minimum atomic E-state index is -0.700. The van der Waals surface area contributed by atoms with E-state index >= 15 is 0 Å². The molecular formula is C19H17F2N3OS. The fourth-order valence-corrected chi connectivity index (χ4v) is 3.28. The van der Waals surface area contributed by atoms with Crippen molar-refractivity contribution in [1.29, 1.82) is 0 Å². The first-order chi connectivity index (χ1) is 12.5. The minimum absolute atomic E-state index is 0.183. The molecule has 0 aliphatic rings. The van der Waals surface area contributed by atoms with Crippen molar-refractivity contribution in [3.05, 3.63) is 87.4 Å². The number of thiazole rings is 1. The van der Waals surface area contributed by atoms with Gasteiger partial charge in [-0.15, -0.1) is 11.3 Å². The van der Waals surface area contributed by atoms with Gasteiger partial charge in [0, 0.05) is 17.5 Å². The molecule has 1 heterocycles. The zero-order chi connectivity index (χ0) is 18.5. The van der Waals surface area contributed by atoms with Crippen molar-refractivity contribution in [2.45, 2.75) is 19.0 Å². The summed E-state index contributed by atoms with van der Waals surface area (Å²) in [5, 5.41) is 4.71. The van der Waals surface area contributed by atoms with Crippen molar-refractivity contribution in [2.75, 3.05) is 0 Å². The van der Waals surface area contributed by atoms with Gasteiger partial charge in [-0.25, -0.2) is 13.8 Å². The van der Waals surface area contributed by atoms with E-state index in [2.05, 4.69) is 10.3 Å². The van der Waals surface area contributed by atoms with Crippen molar-refractivity contribution >= 4 is 17.2 Å². The van der Waals surface area contributed by atoms with Crippen molar-refractivity contribution in [2.24, 2.45) is 5.73 Å². The second-order valence-electron chi connectivity index (χ2n) is 5.75. The monoisotopic (exact) mass is 373 g/mol. The van der Waals surface area contributed by atoms with Crippen LogP contribution in [0.5, 0.6) is 0 Å². The van der Waals surface area contributed by atoms with Crippen LogP contribution in [0.1, 0.15) is 32.7 Å². The van der Waals surface area contributed by atoms with E-state index in [0.29, 0.717) is 11.4 Å². The van der Waals surface area contributed by atoms with Crippen molar-refractivity contribution in [3.63, 3.8) is 0 Å². The molecule has 134 valence electrons. The summed E-state index contributed by atoms with van der Waals surface area (Å²) in [6.45, 7) is -0.250. The number of amides is 1. The first-order valence-corrected chi connectivity index (χ1v) is 8.88. The Balaban J connectivity index is 1.62. The number of carbonyl (C=O) groups excluding carboxylic acids is 1. The zero-order valence-electron chi connectivity index (χ0n) is 13.8. The van der Waals surface area contributed by atoms with E-state index in [9.17, 15) is 13.6 Å². The summed E-state index contributed by atoms with van der Waals surface area (Å²) in [5.74, 6) is -1.90. The molecule has 0 saturated carbocycles. The van der Waals surface area contributed by atoms with E-state index in [0.717, 1.165) is 17.7 Å². The molecule has 0 fully saturated rings. The third kappa shape index (κ3) is 4.30. The lowest BCUT2D eigenvalue weighted by molar-refractivity contribution is 0.0945. The van der Waals surface area contributed by atoms with Crippen LogP contribution in [-0.2, 0) is 13.0 Å². The minimum Gasteiger partial charge on any atom is -0.346 e. The maximum absolute atomic E-state index is 13.6. The van der Waals surface area contributed by atoms with Gasteiger partial charge in [0.05, 0.1) is 6.04 Å². The van der Waals surface area contributed by atoms with Crippen LogP contribution >= 0.6 is 11.3 Å². The fourth-order valence-electron chi connectivity index (χ4n) is 2.48. The molecule has 2 aromatic carbocycles. The lowest BCUT2D eigenvalue weighted by Crippen LogP contribution is -2.24. The topological polar surface area (TPSA) is 68.0 Å². The molecule has 1 atom stereocenters. The normalized spacial score (nSPS) is 12.0. The smallest absolute Gasteiger partial charge is 0.271 e. The van der Waals surface area contributed by atoms with E-state index in [-0.39, 0.29) is 23.8 Å². The Morgan fingerprint density at radius 3 is 2.50 bits per heavy atom. The van der Waals surface area contributed by atoms with E-state index in [1.807, 2.05) is 30.3 Å². The van der Waals surface area contributed by atoms with Crippen molar-refractivity contribution in [3.8, 4) is 0 Å². The number of carbonyl (C=O) groups is 1. The summed E-state index contributed by atoms with van der Waals surface area (Å²) in [5.41, 5.74) is 7.24. The highest BCUT2D eigenvalue weighted by Crippen LogP contribution is 2.20. The Labute approximate surface area is 153 Å². The van der Waals surface area contributed by atoms with Gasteiger partial charge in [0.1, 0.15) is 22.3 Å². The molecule has 0 aliphatic heterocycles. The van der Waals surface area contributed by atoms with Gasteiger partial charge in [-0.05, 0) is 24.1 Å². The number of aromatic nitrogens is 1. The number of nitrogens with two attached hydrogens (primary N) is 1. The van der Waals surface area contributed by atoms with E-state index < -0.39 is 17.5 Å². The molecule has 0 aliphatic carbocycles. The maximum Gasteiger partial charge on any atom is 0.271 e. The maximum atomic E-state index is 13.6. The molecule has 3 N–H and O–H groups in total. The van der Waals surface area contributed by atoms with Crippen molar-refractivity contribution in [1.82, 2.24) is 10.3 Å². The standard InChI is InChI=1S/C19H17F2N3OS/c20-14-7-4-8-15(21)13(14)10-23-18(25)17-11-26-19(24-17)16(22)9-12-5-2-1-3-6-12/h1-8,11,16H,9-10,22H2,(H,23,25). The Morgan fingerprint density at radius 1 is 1.12 bits per heavy atom. The molecule has 4 nitrogen and oxygen atoms in total. The first-order valence-electron chi connectivity index (χ1n) is 8.00. The van der Waals surface area contributed by atoms with Crippen LogP contribution in [0.2, 0.25) is 0 Å². The lowest BCUT2D eigenvalue weighted by Gasteiger charge is -2.08. The van der Waals surface area contributed by atoms with Crippen LogP contribution in [0, 0.1) is 11.6 Å². The molecule has 3 aromatic rings. The van der Waals surface area contributed by atoms with Crippen molar-refractivity contribution < 1.29 is 13.6 Å².